The van der Waals surface area contributed by atoms with Gasteiger partial charge in [0.05, 0.1) is 12.2 Å². The van der Waals surface area contributed by atoms with Crippen LogP contribution in [0.25, 0.3) is 0 Å². The first-order valence-corrected chi connectivity index (χ1v) is 7.99. The largest absolute Gasteiger partial charge is 0.462 e. The van der Waals surface area contributed by atoms with E-state index in [1.54, 1.807) is 19.1 Å². The third-order valence-corrected chi connectivity index (χ3v) is 3.77. The van der Waals surface area contributed by atoms with Gasteiger partial charge in [-0.3, -0.25) is 4.79 Å². The molecule has 0 radical (unpaired) electrons. The van der Waals surface area contributed by atoms with Crippen molar-refractivity contribution >= 4 is 17.6 Å². The predicted octanol–water partition coefficient (Wildman–Crippen LogP) is 2.68. The van der Waals surface area contributed by atoms with E-state index >= 15 is 0 Å². The summed E-state index contributed by atoms with van der Waals surface area (Å²) in [6, 6.07) is 7.12. The molecule has 1 fully saturated rings. The summed E-state index contributed by atoms with van der Waals surface area (Å²) in [6.45, 7) is 4.55. The van der Waals surface area contributed by atoms with Crippen LogP contribution in [0.15, 0.2) is 24.3 Å². The van der Waals surface area contributed by atoms with E-state index in [0.717, 1.165) is 31.6 Å². The third kappa shape index (κ3) is 4.76. The fourth-order valence-electron chi connectivity index (χ4n) is 2.55. The Labute approximate surface area is 131 Å². The van der Waals surface area contributed by atoms with Crippen molar-refractivity contribution in [1.29, 1.82) is 0 Å². The molecule has 0 aromatic heterocycles. The average Bonchev–Trinajstić information content (AvgIpc) is 2.56. The Morgan fingerprint density at radius 2 is 1.82 bits per heavy atom. The van der Waals surface area contributed by atoms with Gasteiger partial charge in [0, 0.05) is 31.7 Å². The summed E-state index contributed by atoms with van der Waals surface area (Å²) in [7, 11) is 0. The van der Waals surface area contributed by atoms with Crippen LogP contribution in [-0.4, -0.2) is 43.0 Å². The molecule has 1 heterocycles. The van der Waals surface area contributed by atoms with E-state index in [4.69, 9.17) is 4.74 Å². The van der Waals surface area contributed by atoms with Gasteiger partial charge in [-0.05, 0) is 50.5 Å². The second-order valence-electron chi connectivity index (χ2n) is 5.42. The molecular weight excluding hydrogens is 280 g/mol. The molecule has 1 aliphatic heterocycles. The number of likely N-dealkylation sites (tertiary alicyclic amines) is 1. The molecule has 1 amide bonds. The van der Waals surface area contributed by atoms with Crippen LogP contribution in [0.4, 0.5) is 5.69 Å². The van der Waals surface area contributed by atoms with Crippen LogP contribution in [0.5, 0.6) is 0 Å². The summed E-state index contributed by atoms with van der Waals surface area (Å²) < 4.78 is 4.94. The molecule has 120 valence electrons. The van der Waals surface area contributed by atoms with Gasteiger partial charge in [0.1, 0.15) is 0 Å². The first kappa shape index (κ1) is 16.3. The van der Waals surface area contributed by atoms with Crippen LogP contribution in [-0.2, 0) is 9.53 Å². The molecule has 0 atom stereocenters. The molecule has 0 bridgehead atoms. The third-order valence-electron chi connectivity index (χ3n) is 3.77. The number of hydrogen-bond acceptors (Lipinski definition) is 4. The lowest BCUT2D eigenvalue weighted by Gasteiger charge is -2.26. The van der Waals surface area contributed by atoms with Gasteiger partial charge in [0.25, 0.3) is 0 Å². The summed E-state index contributed by atoms with van der Waals surface area (Å²) in [5.41, 5.74) is 1.44. The first-order chi connectivity index (χ1) is 10.7. The van der Waals surface area contributed by atoms with Crippen molar-refractivity contribution in [3.8, 4) is 0 Å². The second-order valence-corrected chi connectivity index (χ2v) is 5.42. The molecule has 5 nitrogen and oxygen atoms in total. The molecule has 2 rings (SSSR count). The van der Waals surface area contributed by atoms with Crippen molar-refractivity contribution in [2.45, 2.75) is 32.6 Å². The Morgan fingerprint density at radius 3 is 2.45 bits per heavy atom. The average molecular weight is 304 g/mol. The molecule has 22 heavy (non-hydrogen) atoms. The number of esters is 1. The highest BCUT2D eigenvalue weighted by Crippen LogP contribution is 2.12. The molecule has 0 saturated carbocycles. The topological polar surface area (TPSA) is 58.6 Å². The van der Waals surface area contributed by atoms with Crippen molar-refractivity contribution in [1.82, 2.24) is 4.90 Å². The molecule has 0 unspecified atom stereocenters. The number of carbonyl (C=O) groups excluding carboxylic acids is 2. The van der Waals surface area contributed by atoms with Crippen LogP contribution in [0.3, 0.4) is 0 Å². The highest BCUT2D eigenvalue weighted by molar-refractivity contribution is 5.89. The summed E-state index contributed by atoms with van der Waals surface area (Å²) in [6.07, 6.45) is 3.97. The van der Waals surface area contributed by atoms with Crippen molar-refractivity contribution < 1.29 is 14.3 Å². The number of nitrogens with zero attached hydrogens (tertiary/aromatic N) is 1. The maximum atomic E-state index is 12.0. The number of benzene rings is 1. The van der Waals surface area contributed by atoms with Gasteiger partial charge in [-0.2, -0.15) is 0 Å². The Bertz CT molecular complexity index is 493. The summed E-state index contributed by atoms with van der Waals surface area (Å²) >= 11 is 0. The Morgan fingerprint density at radius 1 is 1.14 bits per heavy atom. The number of nitrogens with one attached hydrogen (secondary N) is 1. The minimum atomic E-state index is -0.311. The van der Waals surface area contributed by atoms with Gasteiger partial charge >= 0.3 is 5.97 Å². The Kier molecular flexibility index (Phi) is 6.25. The van der Waals surface area contributed by atoms with E-state index in [9.17, 15) is 9.59 Å². The lowest BCUT2D eigenvalue weighted by Crippen LogP contribution is -2.36. The van der Waals surface area contributed by atoms with Gasteiger partial charge in [0.15, 0.2) is 0 Å². The van der Waals surface area contributed by atoms with Crippen molar-refractivity contribution in [3.63, 3.8) is 0 Å². The van der Waals surface area contributed by atoms with Gasteiger partial charge in [-0.15, -0.1) is 0 Å². The lowest BCUT2D eigenvalue weighted by atomic mass is 10.1. The number of ether oxygens (including phenoxy) is 1. The minimum absolute atomic E-state index is 0.218. The van der Waals surface area contributed by atoms with E-state index in [0.29, 0.717) is 25.1 Å². The Hall–Kier alpha value is -2.04. The molecule has 0 aliphatic carbocycles. The van der Waals surface area contributed by atoms with Crippen LogP contribution in [0, 0.1) is 0 Å². The monoisotopic (exact) mass is 304 g/mol. The van der Waals surface area contributed by atoms with Crippen LogP contribution < -0.4 is 5.32 Å². The maximum absolute atomic E-state index is 12.0. The zero-order valence-corrected chi connectivity index (χ0v) is 13.1. The lowest BCUT2D eigenvalue weighted by molar-refractivity contribution is -0.131. The van der Waals surface area contributed by atoms with Gasteiger partial charge in [0.2, 0.25) is 5.91 Å². The van der Waals surface area contributed by atoms with Crippen LogP contribution in [0.2, 0.25) is 0 Å². The molecule has 1 N–H and O–H groups in total. The number of carbonyl (C=O) groups is 2. The van der Waals surface area contributed by atoms with Gasteiger partial charge < -0.3 is 15.0 Å². The normalized spacial score (nSPS) is 14.5. The Balaban J connectivity index is 1.74. The maximum Gasteiger partial charge on any atom is 0.338 e. The molecule has 0 spiro atoms. The molecule has 1 aromatic rings. The highest BCUT2D eigenvalue weighted by atomic mass is 16.5. The minimum Gasteiger partial charge on any atom is -0.462 e. The van der Waals surface area contributed by atoms with Crippen molar-refractivity contribution in [3.05, 3.63) is 29.8 Å². The number of rotatable bonds is 6. The molecule has 1 aromatic carbocycles. The zero-order valence-electron chi connectivity index (χ0n) is 13.1. The summed E-state index contributed by atoms with van der Waals surface area (Å²) in [5.74, 6) is -0.0929. The quantitative estimate of drug-likeness (QED) is 0.821. The van der Waals surface area contributed by atoms with Crippen LogP contribution in [0.1, 0.15) is 43.0 Å². The zero-order chi connectivity index (χ0) is 15.8. The fraction of sp³-hybridized carbons (Fsp3) is 0.529. The molecule has 5 heteroatoms. The first-order valence-electron chi connectivity index (χ1n) is 7.99. The number of piperidine rings is 1. The summed E-state index contributed by atoms with van der Waals surface area (Å²) in [4.78, 5) is 25.5. The number of anilines is 1. The predicted molar refractivity (Wildman–Crippen MR) is 85.9 cm³/mol. The van der Waals surface area contributed by atoms with Crippen molar-refractivity contribution in [2.75, 3.05) is 31.6 Å². The van der Waals surface area contributed by atoms with Gasteiger partial charge in [-0.1, -0.05) is 0 Å². The molecular formula is C17H24N2O3. The SMILES string of the molecule is CCOC(=O)c1ccc(NCCC(=O)N2CCCCC2)cc1. The van der Waals surface area contributed by atoms with Crippen molar-refractivity contribution in [2.24, 2.45) is 0 Å². The second kappa shape index (κ2) is 8.41. The van der Waals surface area contributed by atoms with E-state index in [2.05, 4.69) is 5.32 Å². The van der Waals surface area contributed by atoms with E-state index in [-0.39, 0.29) is 11.9 Å². The highest BCUT2D eigenvalue weighted by Gasteiger charge is 2.15. The standard InChI is InChI=1S/C17H24N2O3/c1-2-22-17(21)14-6-8-15(9-7-14)18-11-10-16(20)19-12-4-3-5-13-19/h6-9,18H,2-5,10-13H2,1H3. The fourth-order valence-corrected chi connectivity index (χ4v) is 2.55. The smallest absolute Gasteiger partial charge is 0.338 e. The number of amides is 1. The van der Waals surface area contributed by atoms with E-state index < -0.39 is 0 Å². The van der Waals surface area contributed by atoms with Crippen LogP contribution >= 0.6 is 0 Å². The number of hydrogen-bond donors (Lipinski definition) is 1. The van der Waals surface area contributed by atoms with Gasteiger partial charge in [-0.25, -0.2) is 4.79 Å². The van der Waals surface area contributed by atoms with E-state index in [1.807, 2.05) is 17.0 Å². The molecule has 1 aliphatic rings. The summed E-state index contributed by atoms with van der Waals surface area (Å²) in [5, 5.41) is 3.21. The molecule has 1 saturated heterocycles. The van der Waals surface area contributed by atoms with E-state index in [1.165, 1.54) is 6.42 Å².